The van der Waals surface area contributed by atoms with Crippen LogP contribution in [-0.2, 0) is 14.3 Å². The predicted octanol–water partition coefficient (Wildman–Crippen LogP) is -0.559. The van der Waals surface area contributed by atoms with E-state index in [-0.39, 0.29) is 5.91 Å². The number of rotatable bonds is 2. The Balaban J connectivity index is 2.02. The Bertz CT molecular complexity index is 302. The number of piperidine rings is 1. The van der Waals surface area contributed by atoms with Crippen LogP contribution >= 0.6 is 0 Å². The van der Waals surface area contributed by atoms with E-state index < -0.39 is 18.1 Å². The average Bonchev–Trinajstić information content (AvgIpc) is 2.39. The lowest BCUT2D eigenvalue weighted by atomic mass is 10.0. The molecule has 0 bridgehead atoms. The van der Waals surface area contributed by atoms with Crippen molar-refractivity contribution >= 4 is 11.9 Å². The van der Waals surface area contributed by atoms with Gasteiger partial charge in [-0.15, -0.1) is 0 Å². The topological polar surface area (TPSA) is 78.9 Å². The van der Waals surface area contributed by atoms with Crippen molar-refractivity contribution in [2.75, 3.05) is 26.2 Å². The molecule has 1 unspecified atom stereocenters. The van der Waals surface area contributed by atoms with Gasteiger partial charge in [0.2, 0.25) is 0 Å². The highest BCUT2D eigenvalue weighted by Gasteiger charge is 2.36. The Labute approximate surface area is 99.9 Å². The molecular weight excluding hydrogens is 224 g/mol. The normalized spacial score (nSPS) is 30.0. The van der Waals surface area contributed by atoms with E-state index in [2.05, 4.69) is 5.32 Å². The van der Waals surface area contributed by atoms with E-state index in [1.165, 1.54) is 4.90 Å². The summed E-state index contributed by atoms with van der Waals surface area (Å²) in [6, 6.07) is -0.679. The molecular formula is C11H18N2O4. The molecule has 0 aromatic rings. The highest BCUT2D eigenvalue weighted by atomic mass is 16.5. The molecule has 2 saturated heterocycles. The first kappa shape index (κ1) is 12.3. The van der Waals surface area contributed by atoms with Gasteiger partial charge in [0.1, 0.15) is 12.1 Å². The van der Waals surface area contributed by atoms with Crippen LogP contribution in [0.2, 0.25) is 0 Å². The fourth-order valence-electron chi connectivity index (χ4n) is 2.36. The van der Waals surface area contributed by atoms with Crippen molar-refractivity contribution in [1.29, 1.82) is 0 Å². The van der Waals surface area contributed by atoms with Crippen molar-refractivity contribution in [3.05, 3.63) is 0 Å². The molecule has 96 valence electrons. The van der Waals surface area contributed by atoms with Gasteiger partial charge >= 0.3 is 5.97 Å². The maximum atomic E-state index is 12.2. The second-order valence-corrected chi connectivity index (χ2v) is 4.45. The molecule has 2 atom stereocenters. The molecule has 1 amide bonds. The molecule has 2 N–H and O–H groups in total. The minimum Gasteiger partial charge on any atom is -0.480 e. The summed E-state index contributed by atoms with van der Waals surface area (Å²) in [5.41, 5.74) is 0. The standard InChI is InChI=1S/C11H18N2O4/c14-10(9-7-12-4-6-17-9)13-5-2-1-3-8(13)11(15)16/h8-9,12H,1-7H2,(H,15,16)/t8-,9?/m0/s1. The summed E-state index contributed by atoms with van der Waals surface area (Å²) >= 11 is 0. The van der Waals surface area contributed by atoms with E-state index in [4.69, 9.17) is 9.84 Å². The number of carboxylic acid groups (broad SMARTS) is 1. The van der Waals surface area contributed by atoms with E-state index in [1.54, 1.807) is 0 Å². The second-order valence-electron chi connectivity index (χ2n) is 4.45. The fraction of sp³-hybridized carbons (Fsp3) is 0.818. The van der Waals surface area contributed by atoms with E-state index in [1.807, 2.05) is 0 Å². The molecule has 2 heterocycles. The predicted molar refractivity (Wildman–Crippen MR) is 59.6 cm³/mol. The van der Waals surface area contributed by atoms with Crippen LogP contribution < -0.4 is 5.32 Å². The number of carboxylic acids is 1. The quantitative estimate of drug-likeness (QED) is 0.678. The SMILES string of the molecule is O=C(O)[C@@H]1CCCCN1C(=O)C1CNCCO1. The van der Waals surface area contributed by atoms with E-state index in [0.717, 1.165) is 19.4 Å². The van der Waals surface area contributed by atoms with Crippen molar-refractivity contribution < 1.29 is 19.4 Å². The van der Waals surface area contributed by atoms with E-state index >= 15 is 0 Å². The third-order valence-electron chi connectivity index (χ3n) is 3.27. The van der Waals surface area contributed by atoms with E-state index in [0.29, 0.717) is 26.1 Å². The monoisotopic (exact) mass is 242 g/mol. The summed E-state index contributed by atoms with van der Waals surface area (Å²) in [6.45, 7) is 2.24. The summed E-state index contributed by atoms with van der Waals surface area (Å²) in [6.07, 6.45) is 1.75. The van der Waals surface area contributed by atoms with Crippen LogP contribution in [0.5, 0.6) is 0 Å². The van der Waals surface area contributed by atoms with Crippen molar-refractivity contribution in [1.82, 2.24) is 10.2 Å². The van der Waals surface area contributed by atoms with Gasteiger partial charge in [-0.05, 0) is 19.3 Å². The van der Waals surface area contributed by atoms with Crippen molar-refractivity contribution in [2.24, 2.45) is 0 Å². The highest BCUT2D eigenvalue weighted by Crippen LogP contribution is 2.19. The van der Waals surface area contributed by atoms with Gasteiger partial charge in [-0.2, -0.15) is 0 Å². The third kappa shape index (κ3) is 2.76. The Morgan fingerprint density at radius 3 is 2.82 bits per heavy atom. The lowest BCUT2D eigenvalue weighted by molar-refractivity contribution is -0.158. The maximum Gasteiger partial charge on any atom is 0.326 e. The Morgan fingerprint density at radius 1 is 1.35 bits per heavy atom. The van der Waals surface area contributed by atoms with Crippen LogP contribution in [0.15, 0.2) is 0 Å². The number of morpholine rings is 1. The zero-order chi connectivity index (χ0) is 12.3. The molecule has 0 aromatic heterocycles. The van der Waals surface area contributed by atoms with Crippen LogP contribution in [0.1, 0.15) is 19.3 Å². The molecule has 0 aliphatic carbocycles. The number of hydrogen-bond acceptors (Lipinski definition) is 4. The summed E-state index contributed by atoms with van der Waals surface area (Å²) in [5, 5.41) is 12.2. The second kappa shape index (κ2) is 5.46. The highest BCUT2D eigenvalue weighted by molar-refractivity contribution is 5.86. The molecule has 6 nitrogen and oxygen atoms in total. The minimum atomic E-state index is -0.915. The van der Waals surface area contributed by atoms with Crippen molar-refractivity contribution in [3.8, 4) is 0 Å². The zero-order valence-electron chi connectivity index (χ0n) is 9.72. The van der Waals surface area contributed by atoms with Crippen molar-refractivity contribution in [3.63, 3.8) is 0 Å². The van der Waals surface area contributed by atoms with Crippen molar-refractivity contribution in [2.45, 2.75) is 31.4 Å². The number of amides is 1. The number of aliphatic carboxylic acids is 1. The van der Waals surface area contributed by atoms with E-state index in [9.17, 15) is 9.59 Å². The lowest BCUT2D eigenvalue weighted by Crippen LogP contribution is -2.55. The first-order valence-corrected chi connectivity index (χ1v) is 6.06. The minimum absolute atomic E-state index is 0.190. The number of nitrogens with zero attached hydrogens (tertiary/aromatic N) is 1. The molecule has 2 aliphatic rings. The number of hydrogen-bond donors (Lipinski definition) is 2. The molecule has 0 saturated carbocycles. The molecule has 6 heteroatoms. The Kier molecular flexibility index (Phi) is 3.96. The Morgan fingerprint density at radius 2 is 2.18 bits per heavy atom. The number of likely N-dealkylation sites (tertiary alicyclic amines) is 1. The average molecular weight is 242 g/mol. The molecule has 17 heavy (non-hydrogen) atoms. The molecule has 0 radical (unpaired) electrons. The maximum absolute atomic E-state index is 12.2. The first-order valence-electron chi connectivity index (χ1n) is 6.06. The van der Waals surface area contributed by atoms with Crippen LogP contribution in [0.4, 0.5) is 0 Å². The summed E-state index contributed by atoms with van der Waals surface area (Å²) in [7, 11) is 0. The first-order chi connectivity index (χ1) is 8.20. The Hall–Kier alpha value is -1.14. The molecule has 2 rings (SSSR count). The molecule has 2 aliphatic heterocycles. The van der Waals surface area contributed by atoms with Crippen LogP contribution in [0, 0.1) is 0 Å². The third-order valence-corrected chi connectivity index (χ3v) is 3.27. The number of carbonyl (C=O) groups is 2. The van der Waals surface area contributed by atoms with Crippen LogP contribution in [0.25, 0.3) is 0 Å². The summed E-state index contributed by atoms with van der Waals surface area (Å²) < 4.78 is 5.37. The van der Waals surface area contributed by atoms with Gasteiger partial charge in [0, 0.05) is 19.6 Å². The van der Waals surface area contributed by atoms with Gasteiger partial charge in [-0.3, -0.25) is 4.79 Å². The van der Waals surface area contributed by atoms with Crippen LogP contribution in [0.3, 0.4) is 0 Å². The fourth-order valence-corrected chi connectivity index (χ4v) is 2.36. The molecule has 2 fully saturated rings. The van der Waals surface area contributed by atoms with Gasteiger partial charge in [-0.25, -0.2) is 4.79 Å². The van der Waals surface area contributed by atoms with Gasteiger partial charge in [0.05, 0.1) is 6.61 Å². The smallest absolute Gasteiger partial charge is 0.326 e. The van der Waals surface area contributed by atoms with Gasteiger partial charge in [0.15, 0.2) is 0 Å². The number of nitrogens with one attached hydrogen (secondary N) is 1. The van der Waals surface area contributed by atoms with Crippen LogP contribution in [-0.4, -0.2) is 60.3 Å². The largest absolute Gasteiger partial charge is 0.480 e. The van der Waals surface area contributed by atoms with Gasteiger partial charge in [-0.1, -0.05) is 0 Å². The van der Waals surface area contributed by atoms with Gasteiger partial charge in [0.25, 0.3) is 5.91 Å². The van der Waals surface area contributed by atoms with Gasteiger partial charge < -0.3 is 20.1 Å². The molecule has 0 aromatic carbocycles. The lowest BCUT2D eigenvalue weighted by Gasteiger charge is -2.36. The zero-order valence-corrected chi connectivity index (χ0v) is 9.72. The number of carbonyl (C=O) groups excluding carboxylic acids is 1. The number of ether oxygens (including phenoxy) is 1. The summed E-state index contributed by atoms with van der Waals surface area (Å²) in [4.78, 5) is 24.7. The molecule has 0 spiro atoms. The summed E-state index contributed by atoms with van der Waals surface area (Å²) in [5.74, 6) is -1.11.